The topological polar surface area (TPSA) is 22.1 Å². The SMILES string of the molecule is CC(C)Oc1ccc2nc3c(c(Cl)c2c1)CCC3. The third-order valence-electron chi connectivity index (χ3n) is 3.29. The van der Waals surface area contributed by atoms with Gasteiger partial charge >= 0.3 is 0 Å². The fraction of sp³-hybridized carbons (Fsp3) is 0.400. The molecule has 0 radical (unpaired) electrons. The van der Waals surface area contributed by atoms with E-state index in [1.54, 1.807) is 0 Å². The molecule has 0 saturated heterocycles. The van der Waals surface area contributed by atoms with Gasteiger partial charge in [-0.05, 0) is 56.9 Å². The monoisotopic (exact) mass is 261 g/mol. The van der Waals surface area contributed by atoms with Gasteiger partial charge in [0.05, 0.1) is 16.6 Å². The molecule has 1 aliphatic carbocycles. The van der Waals surface area contributed by atoms with Gasteiger partial charge in [0.1, 0.15) is 5.75 Å². The van der Waals surface area contributed by atoms with Crippen LogP contribution in [0.1, 0.15) is 31.5 Å². The van der Waals surface area contributed by atoms with Gasteiger partial charge in [0, 0.05) is 11.1 Å². The van der Waals surface area contributed by atoms with Gasteiger partial charge in [0.2, 0.25) is 0 Å². The van der Waals surface area contributed by atoms with Gasteiger partial charge < -0.3 is 4.74 Å². The lowest BCUT2D eigenvalue weighted by Gasteiger charge is -2.12. The molecule has 0 aliphatic heterocycles. The number of hydrogen-bond acceptors (Lipinski definition) is 2. The van der Waals surface area contributed by atoms with Crippen LogP contribution >= 0.6 is 11.6 Å². The van der Waals surface area contributed by atoms with Crippen LogP contribution in [0.2, 0.25) is 5.02 Å². The normalized spacial score (nSPS) is 14.2. The molecule has 0 N–H and O–H groups in total. The molecule has 2 nitrogen and oxygen atoms in total. The summed E-state index contributed by atoms with van der Waals surface area (Å²) >= 11 is 6.50. The molecule has 0 fully saturated rings. The van der Waals surface area contributed by atoms with Gasteiger partial charge in [0.25, 0.3) is 0 Å². The fourth-order valence-electron chi connectivity index (χ4n) is 2.53. The maximum atomic E-state index is 6.50. The Kier molecular flexibility index (Phi) is 2.90. The summed E-state index contributed by atoms with van der Waals surface area (Å²) in [6.07, 6.45) is 3.43. The fourth-order valence-corrected chi connectivity index (χ4v) is 2.88. The quantitative estimate of drug-likeness (QED) is 0.810. The number of halogens is 1. The standard InChI is InChI=1S/C15H16ClNO/c1-9(2)18-10-6-7-14-12(8-10)15(16)11-4-3-5-13(11)17-14/h6-9H,3-5H2,1-2H3. The first-order chi connectivity index (χ1) is 8.65. The van der Waals surface area contributed by atoms with Gasteiger partial charge in [-0.2, -0.15) is 0 Å². The Bertz CT molecular complexity index is 607. The first-order valence-electron chi connectivity index (χ1n) is 6.43. The highest BCUT2D eigenvalue weighted by molar-refractivity contribution is 6.36. The van der Waals surface area contributed by atoms with Crippen molar-refractivity contribution in [2.75, 3.05) is 0 Å². The largest absolute Gasteiger partial charge is 0.491 e. The van der Waals surface area contributed by atoms with Crippen LogP contribution in [-0.4, -0.2) is 11.1 Å². The van der Waals surface area contributed by atoms with Crippen molar-refractivity contribution in [3.05, 3.63) is 34.5 Å². The third-order valence-corrected chi connectivity index (χ3v) is 3.72. The summed E-state index contributed by atoms with van der Waals surface area (Å²) in [6, 6.07) is 5.97. The summed E-state index contributed by atoms with van der Waals surface area (Å²) in [4.78, 5) is 4.70. The molecule has 1 aromatic carbocycles. The van der Waals surface area contributed by atoms with E-state index in [2.05, 4.69) is 0 Å². The molecule has 3 heteroatoms. The number of rotatable bonds is 2. The van der Waals surface area contributed by atoms with Crippen LogP contribution < -0.4 is 4.74 Å². The number of aryl methyl sites for hydroxylation is 1. The second kappa shape index (κ2) is 4.43. The van der Waals surface area contributed by atoms with Crippen LogP contribution in [0, 0.1) is 0 Å². The van der Waals surface area contributed by atoms with Crippen molar-refractivity contribution in [2.45, 2.75) is 39.2 Å². The lowest BCUT2D eigenvalue weighted by Crippen LogP contribution is -2.05. The average Bonchev–Trinajstić information content (AvgIpc) is 2.78. The van der Waals surface area contributed by atoms with Crippen molar-refractivity contribution in [1.82, 2.24) is 4.98 Å². The molecule has 0 atom stereocenters. The van der Waals surface area contributed by atoms with Gasteiger partial charge in [-0.1, -0.05) is 11.6 Å². The first kappa shape index (κ1) is 11.8. The molecule has 18 heavy (non-hydrogen) atoms. The van der Waals surface area contributed by atoms with Crippen LogP contribution in [0.5, 0.6) is 5.75 Å². The Labute approximate surface area is 112 Å². The zero-order chi connectivity index (χ0) is 12.7. The van der Waals surface area contributed by atoms with E-state index in [4.69, 9.17) is 21.3 Å². The minimum Gasteiger partial charge on any atom is -0.491 e. The Morgan fingerprint density at radius 2 is 2.11 bits per heavy atom. The Hall–Kier alpha value is -1.28. The Morgan fingerprint density at radius 1 is 1.28 bits per heavy atom. The smallest absolute Gasteiger partial charge is 0.120 e. The highest BCUT2D eigenvalue weighted by Gasteiger charge is 2.18. The minimum absolute atomic E-state index is 0.170. The van der Waals surface area contributed by atoms with Crippen molar-refractivity contribution in [3.63, 3.8) is 0 Å². The molecule has 0 saturated carbocycles. The minimum atomic E-state index is 0.170. The Morgan fingerprint density at radius 3 is 2.89 bits per heavy atom. The third kappa shape index (κ3) is 1.95. The molecule has 1 aromatic heterocycles. The number of hydrogen-bond donors (Lipinski definition) is 0. The number of fused-ring (bicyclic) bond motifs is 2. The lowest BCUT2D eigenvalue weighted by molar-refractivity contribution is 0.243. The summed E-state index contributed by atoms with van der Waals surface area (Å²) in [7, 11) is 0. The molecule has 0 unspecified atom stereocenters. The van der Waals surface area contributed by atoms with Gasteiger partial charge in [-0.3, -0.25) is 4.98 Å². The number of benzene rings is 1. The van der Waals surface area contributed by atoms with Crippen molar-refractivity contribution >= 4 is 22.5 Å². The van der Waals surface area contributed by atoms with E-state index >= 15 is 0 Å². The van der Waals surface area contributed by atoms with Crippen molar-refractivity contribution < 1.29 is 4.74 Å². The van der Waals surface area contributed by atoms with Crippen LogP contribution in [0.25, 0.3) is 10.9 Å². The van der Waals surface area contributed by atoms with E-state index in [1.807, 2.05) is 32.0 Å². The number of aromatic nitrogens is 1. The highest BCUT2D eigenvalue weighted by Crippen LogP contribution is 2.35. The van der Waals surface area contributed by atoms with E-state index < -0.39 is 0 Å². The highest BCUT2D eigenvalue weighted by atomic mass is 35.5. The van der Waals surface area contributed by atoms with Crippen molar-refractivity contribution in [1.29, 1.82) is 0 Å². The molecule has 0 amide bonds. The van der Waals surface area contributed by atoms with Gasteiger partial charge in [0.15, 0.2) is 0 Å². The van der Waals surface area contributed by atoms with E-state index in [0.717, 1.165) is 40.9 Å². The molecule has 3 rings (SSSR count). The maximum absolute atomic E-state index is 6.50. The summed E-state index contributed by atoms with van der Waals surface area (Å²) in [6.45, 7) is 4.04. The second-order valence-electron chi connectivity index (χ2n) is 5.05. The van der Waals surface area contributed by atoms with Crippen LogP contribution in [0.15, 0.2) is 18.2 Å². The molecule has 94 valence electrons. The maximum Gasteiger partial charge on any atom is 0.120 e. The summed E-state index contributed by atoms with van der Waals surface area (Å²) in [5.41, 5.74) is 3.37. The van der Waals surface area contributed by atoms with Gasteiger partial charge in [-0.25, -0.2) is 0 Å². The second-order valence-corrected chi connectivity index (χ2v) is 5.43. The zero-order valence-corrected chi connectivity index (χ0v) is 11.4. The molecular weight excluding hydrogens is 246 g/mol. The van der Waals surface area contributed by atoms with Crippen LogP contribution in [0.4, 0.5) is 0 Å². The van der Waals surface area contributed by atoms with E-state index in [-0.39, 0.29) is 6.10 Å². The molecule has 1 heterocycles. The van der Waals surface area contributed by atoms with E-state index in [9.17, 15) is 0 Å². The average molecular weight is 262 g/mol. The molecule has 1 aliphatic rings. The predicted octanol–water partition coefficient (Wildman–Crippen LogP) is 4.16. The number of nitrogens with zero attached hydrogens (tertiary/aromatic N) is 1. The molecule has 0 bridgehead atoms. The summed E-state index contributed by atoms with van der Waals surface area (Å²) in [5, 5.41) is 1.87. The summed E-state index contributed by atoms with van der Waals surface area (Å²) in [5.74, 6) is 0.860. The van der Waals surface area contributed by atoms with Crippen molar-refractivity contribution in [2.24, 2.45) is 0 Å². The first-order valence-corrected chi connectivity index (χ1v) is 6.80. The number of ether oxygens (including phenoxy) is 1. The zero-order valence-electron chi connectivity index (χ0n) is 10.7. The van der Waals surface area contributed by atoms with Crippen LogP contribution in [0.3, 0.4) is 0 Å². The van der Waals surface area contributed by atoms with Gasteiger partial charge in [-0.15, -0.1) is 0 Å². The number of pyridine rings is 1. The molecule has 2 aromatic rings. The lowest BCUT2D eigenvalue weighted by atomic mass is 10.1. The summed E-state index contributed by atoms with van der Waals surface area (Å²) < 4.78 is 5.71. The van der Waals surface area contributed by atoms with E-state index in [1.165, 1.54) is 11.3 Å². The predicted molar refractivity (Wildman–Crippen MR) is 74.5 cm³/mol. The molecule has 0 spiro atoms. The van der Waals surface area contributed by atoms with Crippen molar-refractivity contribution in [3.8, 4) is 5.75 Å². The Balaban J connectivity index is 2.16. The molecular formula is C15H16ClNO. The van der Waals surface area contributed by atoms with Crippen LogP contribution in [-0.2, 0) is 12.8 Å². The van der Waals surface area contributed by atoms with E-state index in [0.29, 0.717) is 0 Å².